The minimum atomic E-state index is -0.420. The summed E-state index contributed by atoms with van der Waals surface area (Å²) in [7, 11) is 0. The van der Waals surface area contributed by atoms with Crippen LogP contribution in [-0.4, -0.2) is 29.4 Å². The van der Waals surface area contributed by atoms with Gasteiger partial charge in [-0.1, -0.05) is 44.4 Å². The number of hydrogen-bond acceptors (Lipinski definition) is 3. The highest BCUT2D eigenvalue weighted by Gasteiger charge is 2.24. The lowest BCUT2D eigenvalue weighted by atomic mass is 9.92. The summed E-state index contributed by atoms with van der Waals surface area (Å²) in [4.78, 5) is 2.31. The smallest absolute Gasteiger partial charge is 0.0807 e. The van der Waals surface area contributed by atoms with Gasteiger partial charge in [-0.25, -0.2) is 0 Å². The number of aliphatic hydroxyl groups is 2. The van der Waals surface area contributed by atoms with E-state index < -0.39 is 6.10 Å². The zero-order valence-corrected chi connectivity index (χ0v) is 12.5. The highest BCUT2D eigenvalue weighted by atomic mass is 16.3. The van der Waals surface area contributed by atoms with Crippen LogP contribution in [0.3, 0.4) is 0 Å². The van der Waals surface area contributed by atoms with E-state index in [1.807, 2.05) is 25.1 Å². The molecule has 0 heterocycles. The van der Waals surface area contributed by atoms with Crippen LogP contribution < -0.4 is 4.90 Å². The molecule has 0 spiro atoms. The van der Waals surface area contributed by atoms with E-state index in [2.05, 4.69) is 11.0 Å². The third kappa shape index (κ3) is 3.53. The Hall–Kier alpha value is -1.06. The molecule has 1 fully saturated rings. The van der Waals surface area contributed by atoms with E-state index in [9.17, 15) is 10.2 Å². The largest absolute Gasteiger partial charge is 0.395 e. The van der Waals surface area contributed by atoms with Crippen LogP contribution in [0, 0.1) is 0 Å². The SMILES string of the molecule is CC[C@@H](O)c1ccccc1N(CCO)C1CCCCC1. The molecule has 112 valence electrons. The third-order valence-corrected chi connectivity index (χ3v) is 4.35. The molecule has 0 amide bonds. The van der Waals surface area contributed by atoms with Gasteiger partial charge in [0.2, 0.25) is 0 Å². The molecule has 1 aliphatic rings. The molecule has 1 aliphatic carbocycles. The second-order valence-corrected chi connectivity index (χ2v) is 5.69. The number of anilines is 1. The molecule has 2 N–H and O–H groups in total. The summed E-state index contributed by atoms with van der Waals surface area (Å²) in [5.74, 6) is 0. The van der Waals surface area contributed by atoms with Gasteiger partial charge >= 0.3 is 0 Å². The Bertz CT molecular complexity index is 402. The maximum atomic E-state index is 10.2. The molecule has 1 aromatic carbocycles. The van der Waals surface area contributed by atoms with Gasteiger partial charge in [0.25, 0.3) is 0 Å². The monoisotopic (exact) mass is 277 g/mol. The van der Waals surface area contributed by atoms with Crippen molar-refractivity contribution in [1.29, 1.82) is 0 Å². The molecule has 2 rings (SSSR count). The minimum Gasteiger partial charge on any atom is -0.395 e. The van der Waals surface area contributed by atoms with Gasteiger partial charge in [-0.05, 0) is 25.3 Å². The Labute approximate surface area is 122 Å². The van der Waals surface area contributed by atoms with Crippen LogP contribution >= 0.6 is 0 Å². The molecule has 0 bridgehead atoms. The molecule has 0 saturated heterocycles. The quantitative estimate of drug-likeness (QED) is 0.839. The van der Waals surface area contributed by atoms with Crippen molar-refractivity contribution in [1.82, 2.24) is 0 Å². The first-order valence-electron chi connectivity index (χ1n) is 7.92. The average molecular weight is 277 g/mol. The Balaban J connectivity index is 2.28. The first kappa shape index (κ1) is 15.3. The van der Waals surface area contributed by atoms with Crippen LogP contribution in [0.2, 0.25) is 0 Å². The van der Waals surface area contributed by atoms with Crippen molar-refractivity contribution in [2.24, 2.45) is 0 Å². The predicted octanol–water partition coefficient (Wildman–Crippen LogP) is 3.26. The van der Waals surface area contributed by atoms with Crippen molar-refractivity contribution in [3.63, 3.8) is 0 Å². The van der Waals surface area contributed by atoms with Gasteiger partial charge in [-0.3, -0.25) is 0 Å². The Kier molecular flexibility index (Phi) is 5.86. The van der Waals surface area contributed by atoms with Crippen molar-refractivity contribution in [2.75, 3.05) is 18.1 Å². The maximum Gasteiger partial charge on any atom is 0.0807 e. The lowest BCUT2D eigenvalue weighted by Crippen LogP contribution is -2.39. The van der Waals surface area contributed by atoms with Crippen LogP contribution in [0.1, 0.15) is 57.1 Å². The number of aliphatic hydroxyl groups excluding tert-OH is 2. The van der Waals surface area contributed by atoms with E-state index in [1.165, 1.54) is 32.1 Å². The molecule has 1 aromatic rings. The van der Waals surface area contributed by atoms with Gasteiger partial charge in [0, 0.05) is 23.8 Å². The second kappa shape index (κ2) is 7.65. The van der Waals surface area contributed by atoms with Crippen molar-refractivity contribution in [2.45, 2.75) is 57.6 Å². The molecular weight excluding hydrogens is 250 g/mol. The third-order valence-electron chi connectivity index (χ3n) is 4.35. The lowest BCUT2D eigenvalue weighted by molar-refractivity contribution is 0.173. The molecule has 20 heavy (non-hydrogen) atoms. The van der Waals surface area contributed by atoms with Crippen molar-refractivity contribution in [3.05, 3.63) is 29.8 Å². The molecular formula is C17H27NO2. The van der Waals surface area contributed by atoms with Crippen molar-refractivity contribution in [3.8, 4) is 0 Å². The fraction of sp³-hybridized carbons (Fsp3) is 0.647. The van der Waals surface area contributed by atoms with E-state index >= 15 is 0 Å². The Morgan fingerprint density at radius 3 is 2.55 bits per heavy atom. The second-order valence-electron chi connectivity index (χ2n) is 5.69. The maximum absolute atomic E-state index is 10.2. The van der Waals surface area contributed by atoms with E-state index in [0.717, 1.165) is 11.3 Å². The zero-order chi connectivity index (χ0) is 14.4. The zero-order valence-electron chi connectivity index (χ0n) is 12.5. The number of nitrogens with zero attached hydrogens (tertiary/aromatic N) is 1. The fourth-order valence-corrected chi connectivity index (χ4v) is 3.25. The molecule has 1 saturated carbocycles. The molecule has 0 unspecified atom stereocenters. The average Bonchev–Trinajstić information content (AvgIpc) is 2.53. The highest BCUT2D eigenvalue weighted by molar-refractivity contribution is 5.55. The van der Waals surface area contributed by atoms with E-state index in [4.69, 9.17) is 0 Å². The molecule has 0 radical (unpaired) electrons. The first-order valence-corrected chi connectivity index (χ1v) is 7.92. The summed E-state index contributed by atoms with van der Waals surface area (Å²) >= 11 is 0. The van der Waals surface area contributed by atoms with Crippen molar-refractivity contribution < 1.29 is 10.2 Å². The van der Waals surface area contributed by atoms with Gasteiger partial charge in [-0.15, -0.1) is 0 Å². The Morgan fingerprint density at radius 1 is 1.20 bits per heavy atom. The number of hydrogen-bond donors (Lipinski definition) is 2. The van der Waals surface area contributed by atoms with Crippen LogP contribution in [0.15, 0.2) is 24.3 Å². The van der Waals surface area contributed by atoms with E-state index in [-0.39, 0.29) is 6.61 Å². The van der Waals surface area contributed by atoms with Gasteiger partial charge in [0.15, 0.2) is 0 Å². The summed E-state index contributed by atoms with van der Waals surface area (Å²) in [6.07, 6.45) is 6.54. The van der Waals surface area contributed by atoms with Crippen LogP contribution in [0.4, 0.5) is 5.69 Å². The summed E-state index contributed by atoms with van der Waals surface area (Å²) in [6, 6.07) is 8.60. The normalized spacial score (nSPS) is 17.9. The van der Waals surface area contributed by atoms with Gasteiger partial charge in [-0.2, -0.15) is 0 Å². The number of para-hydroxylation sites is 1. The summed E-state index contributed by atoms with van der Waals surface area (Å²) < 4.78 is 0. The van der Waals surface area contributed by atoms with Gasteiger partial charge in [0.1, 0.15) is 0 Å². The topological polar surface area (TPSA) is 43.7 Å². The van der Waals surface area contributed by atoms with Crippen LogP contribution in [0.5, 0.6) is 0 Å². The Morgan fingerprint density at radius 2 is 1.90 bits per heavy atom. The number of benzene rings is 1. The predicted molar refractivity (Wildman–Crippen MR) is 83.0 cm³/mol. The molecule has 0 aliphatic heterocycles. The van der Waals surface area contributed by atoms with Crippen LogP contribution in [-0.2, 0) is 0 Å². The van der Waals surface area contributed by atoms with Gasteiger partial charge < -0.3 is 15.1 Å². The summed E-state index contributed by atoms with van der Waals surface area (Å²) in [5.41, 5.74) is 2.09. The number of rotatable bonds is 6. The first-order chi connectivity index (χ1) is 9.77. The highest BCUT2D eigenvalue weighted by Crippen LogP contribution is 2.33. The molecule has 1 atom stereocenters. The van der Waals surface area contributed by atoms with E-state index in [1.54, 1.807) is 0 Å². The summed E-state index contributed by atoms with van der Waals surface area (Å²) in [6.45, 7) is 2.81. The molecule has 3 heteroatoms. The molecule has 0 aromatic heterocycles. The lowest BCUT2D eigenvalue weighted by Gasteiger charge is -2.37. The fourth-order valence-electron chi connectivity index (χ4n) is 3.25. The summed E-state index contributed by atoms with van der Waals surface area (Å²) in [5, 5.41) is 19.6. The standard InChI is InChI=1S/C17H27NO2/c1-2-17(20)15-10-6-7-11-16(15)18(12-13-19)14-8-4-3-5-9-14/h6-7,10-11,14,17,19-20H,2-5,8-9,12-13H2,1H3/t17-/m1/s1. The minimum absolute atomic E-state index is 0.160. The van der Waals surface area contributed by atoms with Crippen molar-refractivity contribution >= 4 is 5.69 Å². The van der Waals surface area contributed by atoms with Gasteiger partial charge in [0.05, 0.1) is 12.7 Å². The molecule has 3 nitrogen and oxygen atoms in total. The van der Waals surface area contributed by atoms with E-state index in [0.29, 0.717) is 19.0 Å². The van der Waals surface area contributed by atoms with Crippen LogP contribution in [0.25, 0.3) is 0 Å².